The predicted octanol–water partition coefficient (Wildman–Crippen LogP) is 2.28. The maximum absolute atomic E-state index is 12.7. The molecule has 7 nitrogen and oxygen atoms in total. The number of hydrogen-bond donors (Lipinski definition) is 2. The number of ether oxygens (including phenoxy) is 1. The quantitative estimate of drug-likeness (QED) is 0.842. The number of aromatic hydroxyl groups is 1. The van der Waals surface area contributed by atoms with Crippen LogP contribution in [0.1, 0.15) is 36.6 Å². The molecule has 0 aliphatic carbocycles. The average molecular weight is 384 g/mol. The molecule has 150 valence electrons. The van der Waals surface area contributed by atoms with Gasteiger partial charge in [-0.05, 0) is 36.5 Å². The molecule has 2 aromatic rings. The van der Waals surface area contributed by atoms with Gasteiger partial charge in [-0.15, -0.1) is 0 Å². The van der Waals surface area contributed by atoms with Gasteiger partial charge in [0.25, 0.3) is 5.56 Å². The Morgan fingerprint density at radius 2 is 2.21 bits per heavy atom. The van der Waals surface area contributed by atoms with Crippen molar-refractivity contribution in [3.63, 3.8) is 0 Å². The maximum Gasteiger partial charge on any atom is 0.257 e. The molecule has 4 rings (SSSR count). The van der Waals surface area contributed by atoms with Gasteiger partial charge in [0.15, 0.2) is 11.5 Å². The smallest absolute Gasteiger partial charge is 0.257 e. The molecule has 1 saturated heterocycles. The van der Waals surface area contributed by atoms with E-state index in [9.17, 15) is 9.90 Å². The Morgan fingerprint density at radius 1 is 1.36 bits per heavy atom. The molecule has 2 aliphatic heterocycles. The molecular weight excluding hydrogens is 356 g/mol. The van der Waals surface area contributed by atoms with Crippen molar-refractivity contribution >= 4 is 5.95 Å². The minimum atomic E-state index is -0.0273. The van der Waals surface area contributed by atoms with Crippen molar-refractivity contribution in [1.82, 2.24) is 14.9 Å². The normalized spacial score (nSPS) is 20.1. The molecule has 0 saturated carbocycles. The van der Waals surface area contributed by atoms with Gasteiger partial charge in [0.2, 0.25) is 5.95 Å². The first-order valence-corrected chi connectivity index (χ1v) is 9.98. The zero-order valence-corrected chi connectivity index (χ0v) is 16.6. The predicted molar refractivity (Wildman–Crippen MR) is 108 cm³/mol. The molecule has 0 radical (unpaired) electrons. The number of nitrogens with one attached hydrogen (secondary N) is 1. The van der Waals surface area contributed by atoms with Gasteiger partial charge in [-0.2, -0.15) is 0 Å². The summed E-state index contributed by atoms with van der Waals surface area (Å²) in [7, 11) is 1.54. The summed E-state index contributed by atoms with van der Waals surface area (Å²) in [6.45, 7) is 6.24. The largest absolute Gasteiger partial charge is 0.504 e. The van der Waals surface area contributed by atoms with Crippen LogP contribution in [0.5, 0.6) is 11.5 Å². The fourth-order valence-electron chi connectivity index (χ4n) is 4.23. The fraction of sp³-hybridized carbons (Fsp3) is 0.524. The average Bonchev–Trinajstić information content (AvgIpc) is 2.68. The van der Waals surface area contributed by atoms with Crippen LogP contribution in [-0.2, 0) is 19.5 Å². The van der Waals surface area contributed by atoms with E-state index in [1.807, 2.05) is 6.07 Å². The molecule has 0 amide bonds. The number of methoxy groups -OCH3 is 1. The minimum Gasteiger partial charge on any atom is -0.504 e. The van der Waals surface area contributed by atoms with Gasteiger partial charge in [-0.1, -0.05) is 13.0 Å². The zero-order chi connectivity index (χ0) is 19.7. The van der Waals surface area contributed by atoms with Crippen molar-refractivity contribution in [3.8, 4) is 11.5 Å². The summed E-state index contributed by atoms with van der Waals surface area (Å²) in [6, 6.07) is 5.43. The molecule has 1 atom stereocenters. The summed E-state index contributed by atoms with van der Waals surface area (Å²) >= 11 is 0. The van der Waals surface area contributed by atoms with E-state index in [-0.39, 0.29) is 11.3 Å². The number of piperidine rings is 1. The summed E-state index contributed by atoms with van der Waals surface area (Å²) in [5, 5.41) is 9.98. The van der Waals surface area contributed by atoms with E-state index < -0.39 is 0 Å². The van der Waals surface area contributed by atoms with Gasteiger partial charge in [0.05, 0.1) is 18.4 Å². The highest BCUT2D eigenvalue weighted by atomic mass is 16.5. The Labute approximate surface area is 165 Å². The molecule has 1 aromatic carbocycles. The number of fused-ring (bicyclic) bond motifs is 1. The van der Waals surface area contributed by atoms with Crippen molar-refractivity contribution in [2.24, 2.45) is 5.92 Å². The highest BCUT2D eigenvalue weighted by Crippen LogP contribution is 2.28. The Kier molecular flexibility index (Phi) is 5.26. The summed E-state index contributed by atoms with van der Waals surface area (Å²) in [5.41, 5.74) is 2.65. The molecular formula is C21H28N4O3. The molecule has 0 spiro atoms. The van der Waals surface area contributed by atoms with Gasteiger partial charge in [-0.25, -0.2) is 4.98 Å². The molecule has 2 N–H and O–H groups in total. The Morgan fingerprint density at radius 3 is 2.96 bits per heavy atom. The van der Waals surface area contributed by atoms with E-state index in [0.29, 0.717) is 24.8 Å². The van der Waals surface area contributed by atoms with E-state index in [4.69, 9.17) is 9.72 Å². The fourth-order valence-corrected chi connectivity index (χ4v) is 4.23. The maximum atomic E-state index is 12.7. The molecule has 7 heteroatoms. The van der Waals surface area contributed by atoms with Crippen LogP contribution < -0.4 is 15.2 Å². The lowest BCUT2D eigenvalue weighted by atomic mass is 10.0. The zero-order valence-electron chi connectivity index (χ0n) is 16.6. The second-order valence-corrected chi connectivity index (χ2v) is 7.98. The van der Waals surface area contributed by atoms with Crippen LogP contribution in [0, 0.1) is 5.92 Å². The molecule has 3 heterocycles. The highest BCUT2D eigenvalue weighted by Gasteiger charge is 2.24. The monoisotopic (exact) mass is 384 g/mol. The number of nitrogens with zero attached hydrogens (tertiary/aromatic N) is 3. The minimum absolute atomic E-state index is 0.0273. The van der Waals surface area contributed by atoms with E-state index in [1.165, 1.54) is 13.5 Å². The van der Waals surface area contributed by atoms with Gasteiger partial charge in [0.1, 0.15) is 0 Å². The number of benzene rings is 1. The van der Waals surface area contributed by atoms with Crippen LogP contribution in [0.2, 0.25) is 0 Å². The number of anilines is 1. The summed E-state index contributed by atoms with van der Waals surface area (Å²) < 4.78 is 5.10. The topological polar surface area (TPSA) is 81.7 Å². The van der Waals surface area contributed by atoms with E-state index in [2.05, 4.69) is 21.7 Å². The number of hydrogen-bond acceptors (Lipinski definition) is 6. The van der Waals surface area contributed by atoms with Gasteiger partial charge < -0.3 is 14.7 Å². The first-order valence-electron chi connectivity index (χ1n) is 9.98. The SMILES string of the molecule is COc1ccc(CN2CCc3nc(N4CCCC(C)C4)[nH]c(=O)c3C2)cc1O. The van der Waals surface area contributed by atoms with Crippen LogP contribution in [0.3, 0.4) is 0 Å². The van der Waals surface area contributed by atoms with Gasteiger partial charge in [-0.3, -0.25) is 14.7 Å². The number of aromatic amines is 1. The molecule has 1 unspecified atom stereocenters. The highest BCUT2D eigenvalue weighted by molar-refractivity contribution is 5.42. The van der Waals surface area contributed by atoms with E-state index in [1.54, 1.807) is 12.1 Å². The second kappa shape index (κ2) is 7.83. The van der Waals surface area contributed by atoms with Crippen LogP contribution in [0.25, 0.3) is 0 Å². The summed E-state index contributed by atoms with van der Waals surface area (Å²) in [4.78, 5) is 25.0. The van der Waals surface area contributed by atoms with Crippen molar-refractivity contribution in [3.05, 3.63) is 45.4 Å². The Balaban J connectivity index is 1.49. The van der Waals surface area contributed by atoms with Gasteiger partial charge in [0, 0.05) is 39.1 Å². The number of phenols is 1. The van der Waals surface area contributed by atoms with Gasteiger partial charge >= 0.3 is 0 Å². The van der Waals surface area contributed by atoms with Crippen molar-refractivity contribution in [2.45, 2.75) is 39.3 Å². The summed E-state index contributed by atoms with van der Waals surface area (Å²) in [5.74, 6) is 1.96. The summed E-state index contributed by atoms with van der Waals surface area (Å²) in [6.07, 6.45) is 3.14. The first kappa shape index (κ1) is 18.8. The standard InChI is InChI=1S/C21H28N4O3/c1-14-4-3-8-25(11-14)21-22-17-7-9-24(13-16(17)20(27)23-21)12-15-5-6-19(28-2)18(26)10-15/h5-6,10,14,26H,3-4,7-9,11-13H2,1-2H3,(H,22,23,27). The second-order valence-electron chi connectivity index (χ2n) is 7.98. The first-order chi connectivity index (χ1) is 13.5. The van der Waals surface area contributed by atoms with Crippen LogP contribution in [-0.4, -0.2) is 46.7 Å². The molecule has 0 bridgehead atoms. The molecule has 1 aromatic heterocycles. The van der Waals surface area contributed by atoms with Crippen molar-refractivity contribution < 1.29 is 9.84 Å². The lowest BCUT2D eigenvalue weighted by Crippen LogP contribution is -2.39. The Bertz CT molecular complexity index is 911. The van der Waals surface area contributed by atoms with Crippen LogP contribution >= 0.6 is 0 Å². The third kappa shape index (κ3) is 3.85. The third-order valence-corrected chi connectivity index (χ3v) is 5.74. The van der Waals surface area contributed by atoms with E-state index in [0.717, 1.165) is 55.2 Å². The molecule has 2 aliphatic rings. The Hall–Kier alpha value is -2.54. The number of rotatable bonds is 4. The third-order valence-electron chi connectivity index (χ3n) is 5.74. The van der Waals surface area contributed by atoms with Crippen molar-refractivity contribution in [1.29, 1.82) is 0 Å². The lowest BCUT2D eigenvalue weighted by Gasteiger charge is -2.33. The van der Waals surface area contributed by atoms with E-state index >= 15 is 0 Å². The lowest BCUT2D eigenvalue weighted by molar-refractivity contribution is 0.241. The number of H-pyrrole nitrogens is 1. The van der Waals surface area contributed by atoms with Crippen LogP contribution in [0.4, 0.5) is 5.95 Å². The molecule has 28 heavy (non-hydrogen) atoms. The molecule has 1 fully saturated rings. The number of aromatic nitrogens is 2. The van der Waals surface area contributed by atoms with Crippen LogP contribution in [0.15, 0.2) is 23.0 Å². The van der Waals surface area contributed by atoms with Crippen molar-refractivity contribution in [2.75, 3.05) is 31.6 Å². The number of phenolic OH excluding ortho intramolecular Hbond substituents is 1.